The first kappa shape index (κ1) is 82.4. The molecule has 0 aliphatic heterocycles. The standard InChI is InChI=1S/C43H36F42O4/c44-24(45,26(48,49)28(52,53)30(56,57)32(60,61)34(64,65)36(68,69)38(72,73)40(76,77)42(80,81)82)15-9-5-1-3-7-11-17-88-21-14-13-20(23(86)87)19-22(21)89-18-12-8-4-2-6-10-16-25(46,47)27(50,51)29(54,55)31(58,59)33(62,63)35(66,67)37(70,71)39(74,75)41(78,79)43(83,84)85/h13-14,19H,1-12,15-18H2,(H,86,87). The lowest BCUT2D eigenvalue weighted by molar-refractivity contribution is -0.474. The van der Waals surface area contributed by atoms with E-state index in [0.29, 0.717) is 0 Å². The summed E-state index contributed by atoms with van der Waals surface area (Å²) in [4.78, 5) is 11.4. The monoisotopic (exact) mass is 1410 g/mol. The SMILES string of the molecule is O=C(O)c1ccc(OCCCCCCCCC(F)(F)C(F)(F)C(F)(F)C(F)(F)C(F)(F)C(F)(F)C(F)(F)C(F)(F)C(F)(F)C(F)(F)F)c(OCCCCCCCCC(F)(F)C(F)(F)C(F)(F)C(F)(F)C(F)(F)C(F)(F)C(F)(F)C(F)(F)C(F)(F)C(F)(F)F)c1. The molecule has 0 fully saturated rings. The maximum absolute atomic E-state index is 14.3. The van der Waals surface area contributed by atoms with Gasteiger partial charge < -0.3 is 14.6 Å². The minimum atomic E-state index is -9.32. The number of alkyl halides is 42. The number of carboxylic acids is 1. The summed E-state index contributed by atoms with van der Waals surface area (Å²) in [6.07, 6.45) is -28.4. The summed E-state index contributed by atoms with van der Waals surface area (Å²) in [5, 5.41) is 9.27. The van der Waals surface area contributed by atoms with E-state index in [2.05, 4.69) is 0 Å². The molecule has 0 spiro atoms. The summed E-state index contributed by atoms with van der Waals surface area (Å²) in [5.74, 6) is -159. The van der Waals surface area contributed by atoms with Gasteiger partial charge in [0.05, 0.1) is 18.8 Å². The lowest BCUT2D eigenvalue weighted by atomic mass is 9.85. The Kier molecular flexibility index (Phi) is 23.8. The van der Waals surface area contributed by atoms with Crippen molar-refractivity contribution in [3.63, 3.8) is 0 Å². The Morgan fingerprint density at radius 1 is 0.270 bits per heavy atom. The van der Waals surface area contributed by atoms with Gasteiger partial charge in [-0.05, 0) is 43.9 Å². The molecule has 46 heteroatoms. The van der Waals surface area contributed by atoms with E-state index in [4.69, 9.17) is 9.47 Å². The van der Waals surface area contributed by atoms with Gasteiger partial charge in [-0.2, -0.15) is 184 Å². The van der Waals surface area contributed by atoms with Gasteiger partial charge >= 0.3 is 125 Å². The number of halogens is 42. The average Bonchev–Trinajstić information content (AvgIpc) is 0.698. The van der Waals surface area contributed by atoms with Crippen molar-refractivity contribution >= 4 is 5.97 Å². The number of carbonyl (C=O) groups is 1. The van der Waals surface area contributed by atoms with Crippen molar-refractivity contribution in [3.05, 3.63) is 23.8 Å². The first-order valence-corrected chi connectivity index (χ1v) is 23.5. The number of carboxylic acid groups (broad SMARTS) is 1. The maximum Gasteiger partial charge on any atom is 0.460 e. The lowest BCUT2D eigenvalue weighted by Crippen LogP contribution is -2.76. The van der Waals surface area contributed by atoms with Crippen LogP contribution in [0.5, 0.6) is 11.5 Å². The maximum atomic E-state index is 14.3. The molecule has 526 valence electrons. The van der Waals surface area contributed by atoms with Crippen LogP contribution in [0.1, 0.15) is 100 Å². The Hall–Kier alpha value is -4.65. The minimum absolute atomic E-state index is 0.104. The van der Waals surface area contributed by atoms with Crippen molar-refractivity contribution in [3.8, 4) is 11.5 Å². The van der Waals surface area contributed by atoms with Gasteiger partial charge in [0.25, 0.3) is 0 Å². The molecule has 1 aromatic carbocycles. The van der Waals surface area contributed by atoms with Gasteiger partial charge in [0, 0.05) is 12.8 Å². The van der Waals surface area contributed by atoms with E-state index in [0.717, 1.165) is 18.2 Å². The van der Waals surface area contributed by atoms with Crippen molar-refractivity contribution in [2.45, 2.75) is 209 Å². The van der Waals surface area contributed by atoms with E-state index in [9.17, 15) is 194 Å². The zero-order valence-electron chi connectivity index (χ0n) is 42.6. The van der Waals surface area contributed by atoms with E-state index in [1.165, 1.54) is 0 Å². The quantitative estimate of drug-likeness (QED) is 0.0533. The van der Waals surface area contributed by atoms with Gasteiger partial charge in [-0.25, -0.2) is 4.79 Å². The van der Waals surface area contributed by atoms with Gasteiger partial charge in [0.1, 0.15) is 0 Å². The number of benzene rings is 1. The molecule has 0 radical (unpaired) electrons. The molecule has 4 nitrogen and oxygen atoms in total. The Balaban J connectivity index is 2.89. The fourth-order valence-electron chi connectivity index (χ4n) is 7.05. The Bertz CT molecular complexity index is 2490. The smallest absolute Gasteiger partial charge is 0.460 e. The van der Waals surface area contributed by atoms with Crippen LogP contribution >= 0.6 is 0 Å². The molecule has 1 aromatic rings. The Morgan fingerprint density at radius 2 is 0.472 bits per heavy atom. The highest BCUT2D eigenvalue weighted by molar-refractivity contribution is 5.88. The first-order valence-electron chi connectivity index (χ1n) is 23.5. The molecule has 0 saturated carbocycles. The summed E-state index contributed by atoms with van der Waals surface area (Å²) in [6, 6.07) is 2.67. The zero-order valence-corrected chi connectivity index (χ0v) is 42.6. The lowest BCUT2D eigenvalue weighted by Gasteiger charge is -2.44. The predicted molar refractivity (Wildman–Crippen MR) is 210 cm³/mol. The van der Waals surface area contributed by atoms with Gasteiger partial charge in [-0.15, -0.1) is 0 Å². The van der Waals surface area contributed by atoms with Crippen molar-refractivity contribution in [1.29, 1.82) is 0 Å². The van der Waals surface area contributed by atoms with Crippen LogP contribution in [0.2, 0.25) is 0 Å². The zero-order chi connectivity index (χ0) is 71.2. The summed E-state index contributed by atoms with van der Waals surface area (Å²) in [5.41, 5.74) is -0.508. The summed E-state index contributed by atoms with van der Waals surface area (Å²) < 4.78 is 583. The number of hydrogen-bond donors (Lipinski definition) is 1. The second kappa shape index (κ2) is 25.7. The van der Waals surface area contributed by atoms with Crippen molar-refractivity contribution in [1.82, 2.24) is 0 Å². The van der Waals surface area contributed by atoms with E-state index in [-0.39, 0.29) is 44.3 Å². The van der Waals surface area contributed by atoms with Gasteiger partial charge in [0.2, 0.25) is 0 Å². The van der Waals surface area contributed by atoms with Crippen LogP contribution in [0.25, 0.3) is 0 Å². The summed E-state index contributed by atoms with van der Waals surface area (Å²) in [6.45, 7) is -0.878. The molecule has 0 atom stereocenters. The topological polar surface area (TPSA) is 55.8 Å². The molecular formula is C43H36F42O4. The third-order valence-corrected chi connectivity index (χ3v) is 12.6. The van der Waals surface area contributed by atoms with E-state index in [1.54, 1.807) is 0 Å². The van der Waals surface area contributed by atoms with Crippen LogP contribution in [0.4, 0.5) is 184 Å². The highest BCUT2D eigenvalue weighted by atomic mass is 19.5. The fourth-order valence-corrected chi connectivity index (χ4v) is 7.05. The molecule has 1 N–H and O–H groups in total. The summed E-state index contributed by atoms with van der Waals surface area (Å²) in [7, 11) is 0. The second-order valence-electron chi connectivity index (χ2n) is 19.0. The third-order valence-electron chi connectivity index (χ3n) is 12.6. The van der Waals surface area contributed by atoms with Crippen molar-refractivity contribution in [2.75, 3.05) is 13.2 Å². The minimum Gasteiger partial charge on any atom is -0.490 e. The van der Waals surface area contributed by atoms with Crippen LogP contribution in [0, 0.1) is 0 Å². The van der Waals surface area contributed by atoms with E-state index >= 15 is 0 Å². The first-order chi connectivity index (χ1) is 39.0. The normalized spacial score (nSPS) is 15.7. The highest BCUT2D eigenvalue weighted by Gasteiger charge is 3.00. The molecule has 0 amide bonds. The van der Waals surface area contributed by atoms with Crippen LogP contribution in [0.3, 0.4) is 0 Å². The predicted octanol–water partition coefficient (Wildman–Crippen LogP) is 20.2. The number of hydrogen-bond acceptors (Lipinski definition) is 3. The number of ether oxygens (including phenoxy) is 2. The molecule has 0 unspecified atom stereocenters. The molecule has 0 saturated heterocycles. The highest BCUT2D eigenvalue weighted by Crippen LogP contribution is 2.69. The van der Waals surface area contributed by atoms with Crippen LogP contribution in [0.15, 0.2) is 18.2 Å². The number of aromatic carboxylic acids is 1. The molecule has 0 heterocycles. The Labute approximate surface area is 467 Å². The van der Waals surface area contributed by atoms with Crippen molar-refractivity contribution < 1.29 is 204 Å². The molecule has 0 aliphatic rings. The van der Waals surface area contributed by atoms with Crippen molar-refractivity contribution in [2.24, 2.45) is 0 Å². The molecule has 0 aliphatic carbocycles. The average molecular weight is 1410 g/mol. The van der Waals surface area contributed by atoms with Gasteiger partial charge in [-0.3, -0.25) is 0 Å². The molecule has 89 heavy (non-hydrogen) atoms. The molecule has 1 rings (SSSR count). The van der Waals surface area contributed by atoms with Crippen LogP contribution in [-0.4, -0.2) is 143 Å². The number of unbranched alkanes of at least 4 members (excludes halogenated alkanes) is 10. The van der Waals surface area contributed by atoms with Gasteiger partial charge in [-0.1, -0.05) is 51.4 Å². The third kappa shape index (κ3) is 13.7. The van der Waals surface area contributed by atoms with E-state index in [1.807, 2.05) is 0 Å². The Morgan fingerprint density at radius 3 is 0.708 bits per heavy atom. The largest absolute Gasteiger partial charge is 0.490 e. The van der Waals surface area contributed by atoms with E-state index < -0.39 is 201 Å². The van der Waals surface area contributed by atoms with Crippen LogP contribution < -0.4 is 9.47 Å². The fraction of sp³-hybridized carbons (Fsp3) is 0.837. The van der Waals surface area contributed by atoms with Gasteiger partial charge in [0.15, 0.2) is 11.5 Å². The molecular weight excluding hydrogens is 1380 g/mol. The number of rotatable bonds is 37. The molecule has 0 aromatic heterocycles. The molecule has 0 bridgehead atoms. The second-order valence-corrected chi connectivity index (χ2v) is 19.0. The van der Waals surface area contributed by atoms with Crippen LogP contribution in [-0.2, 0) is 0 Å². The summed E-state index contributed by atoms with van der Waals surface area (Å²) >= 11 is 0.